The molecular weight excluding hydrogens is 216 g/mol. The SMILES string of the molecule is CNC(=O)Nc1scc(C)c1C(=O)OC. The van der Waals surface area contributed by atoms with Gasteiger partial charge in [-0.3, -0.25) is 5.32 Å². The Morgan fingerprint density at radius 1 is 1.47 bits per heavy atom. The quantitative estimate of drug-likeness (QED) is 0.755. The van der Waals surface area contributed by atoms with Crippen LogP contribution in [0.15, 0.2) is 5.38 Å². The van der Waals surface area contributed by atoms with Gasteiger partial charge < -0.3 is 10.1 Å². The Bertz CT molecular complexity index is 387. The van der Waals surface area contributed by atoms with Crippen LogP contribution >= 0.6 is 11.3 Å². The molecule has 2 N–H and O–H groups in total. The minimum Gasteiger partial charge on any atom is -0.465 e. The number of carbonyl (C=O) groups is 2. The average Bonchev–Trinajstić information content (AvgIpc) is 2.58. The number of hydrogen-bond acceptors (Lipinski definition) is 4. The van der Waals surface area contributed by atoms with Crippen molar-refractivity contribution < 1.29 is 14.3 Å². The van der Waals surface area contributed by atoms with Gasteiger partial charge in [0.15, 0.2) is 0 Å². The molecular formula is C9H12N2O3S. The van der Waals surface area contributed by atoms with E-state index in [1.807, 2.05) is 0 Å². The molecule has 1 aromatic heterocycles. The van der Waals surface area contributed by atoms with E-state index in [0.29, 0.717) is 10.6 Å². The number of esters is 1. The molecule has 5 nitrogen and oxygen atoms in total. The molecule has 0 aliphatic rings. The van der Waals surface area contributed by atoms with Crippen LogP contribution in [0.3, 0.4) is 0 Å². The summed E-state index contributed by atoms with van der Waals surface area (Å²) < 4.78 is 4.63. The van der Waals surface area contributed by atoms with Crippen molar-refractivity contribution in [1.29, 1.82) is 0 Å². The Morgan fingerprint density at radius 3 is 2.67 bits per heavy atom. The first kappa shape index (κ1) is 11.5. The van der Waals surface area contributed by atoms with Crippen LogP contribution in [0.5, 0.6) is 0 Å². The molecule has 0 aromatic carbocycles. The number of thiophene rings is 1. The van der Waals surface area contributed by atoms with Gasteiger partial charge in [0.1, 0.15) is 5.00 Å². The minimum absolute atomic E-state index is 0.359. The van der Waals surface area contributed by atoms with E-state index in [1.54, 1.807) is 12.3 Å². The summed E-state index contributed by atoms with van der Waals surface area (Å²) in [6.07, 6.45) is 0. The van der Waals surface area contributed by atoms with E-state index in [0.717, 1.165) is 5.56 Å². The molecule has 1 heterocycles. The lowest BCUT2D eigenvalue weighted by atomic mass is 10.2. The van der Waals surface area contributed by atoms with Gasteiger partial charge in [0.25, 0.3) is 0 Å². The molecule has 0 radical (unpaired) electrons. The van der Waals surface area contributed by atoms with Crippen LogP contribution in [-0.2, 0) is 4.74 Å². The summed E-state index contributed by atoms with van der Waals surface area (Å²) in [7, 11) is 2.82. The first-order valence-corrected chi connectivity index (χ1v) is 5.13. The molecule has 0 spiro atoms. The summed E-state index contributed by atoms with van der Waals surface area (Å²) in [6.45, 7) is 1.79. The minimum atomic E-state index is -0.444. The zero-order chi connectivity index (χ0) is 11.4. The van der Waals surface area contributed by atoms with Crippen molar-refractivity contribution in [3.8, 4) is 0 Å². The summed E-state index contributed by atoms with van der Waals surface area (Å²) in [4.78, 5) is 22.5. The van der Waals surface area contributed by atoms with Gasteiger partial charge in [0.05, 0.1) is 12.7 Å². The van der Waals surface area contributed by atoms with Crippen molar-refractivity contribution in [2.45, 2.75) is 6.92 Å². The summed E-state index contributed by atoms with van der Waals surface area (Å²) >= 11 is 1.29. The number of hydrogen-bond donors (Lipinski definition) is 2. The van der Waals surface area contributed by atoms with Crippen LogP contribution in [-0.4, -0.2) is 26.2 Å². The van der Waals surface area contributed by atoms with Crippen LogP contribution in [0.1, 0.15) is 15.9 Å². The van der Waals surface area contributed by atoms with E-state index in [9.17, 15) is 9.59 Å². The van der Waals surface area contributed by atoms with Crippen LogP contribution < -0.4 is 10.6 Å². The van der Waals surface area contributed by atoms with Crippen LogP contribution in [0, 0.1) is 6.92 Å². The van der Waals surface area contributed by atoms with Gasteiger partial charge in [-0.15, -0.1) is 11.3 Å². The highest BCUT2D eigenvalue weighted by atomic mass is 32.1. The molecule has 15 heavy (non-hydrogen) atoms. The number of anilines is 1. The Labute approximate surface area is 91.4 Å². The number of carbonyl (C=O) groups excluding carboxylic acids is 2. The predicted octanol–water partition coefficient (Wildman–Crippen LogP) is 1.59. The average molecular weight is 228 g/mol. The molecule has 0 bridgehead atoms. The normalized spacial score (nSPS) is 9.53. The Balaban J connectivity index is 2.98. The van der Waals surface area contributed by atoms with E-state index in [1.165, 1.54) is 25.5 Å². The maximum atomic E-state index is 11.4. The highest BCUT2D eigenvalue weighted by molar-refractivity contribution is 7.15. The lowest BCUT2D eigenvalue weighted by Crippen LogP contribution is -2.25. The maximum Gasteiger partial charge on any atom is 0.341 e. The molecule has 2 amide bonds. The smallest absolute Gasteiger partial charge is 0.341 e. The first-order chi connectivity index (χ1) is 7.10. The number of amides is 2. The summed E-state index contributed by atoms with van der Waals surface area (Å²) in [5.41, 5.74) is 1.20. The molecule has 0 fully saturated rings. The van der Waals surface area contributed by atoms with E-state index in [2.05, 4.69) is 15.4 Å². The van der Waals surface area contributed by atoms with E-state index in [-0.39, 0.29) is 6.03 Å². The van der Waals surface area contributed by atoms with Crippen LogP contribution in [0.25, 0.3) is 0 Å². The van der Waals surface area contributed by atoms with Crippen molar-refractivity contribution in [1.82, 2.24) is 5.32 Å². The lowest BCUT2D eigenvalue weighted by molar-refractivity contribution is 0.0601. The monoisotopic (exact) mass is 228 g/mol. The zero-order valence-corrected chi connectivity index (χ0v) is 9.53. The third-order valence-corrected chi connectivity index (χ3v) is 2.83. The van der Waals surface area contributed by atoms with E-state index < -0.39 is 5.97 Å². The molecule has 0 aliphatic carbocycles. The second-order valence-corrected chi connectivity index (χ2v) is 3.70. The summed E-state index contributed by atoms with van der Waals surface area (Å²) in [6, 6.07) is -0.359. The van der Waals surface area contributed by atoms with Gasteiger partial charge in [-0.2, -0.15) is 0 Å². The lowest BCUT2D eigenvalue weighted by Gasteiger charge is -2.04. The number of aryl methyl sites for hydroxylation is 1. The van der Waals surface area contributed by atoms with Gasteiger partial charge >= 0.3 is 12.0 Å². The standard InChI is InChI=1S/C9H12N2O3S/c1-5-4-15-7(11-9(13)10-2)6(5)8(12)14-3/h4H,1-3H3,(H2,10,11,13). The fraction of sp³-hybridized carbons (Fsp3) is 0.333. The largest absolute Gasteiger partial charge is 0.465 e. The van der Waals surface area contributed by atoms with Crippen LogP contribution in [0.2, 0.25) is 0 Å². The Hall–Kier alpha value is -1.56. The Kier molecular flexibility index (Phi) is 3.68. The second kappa shape index (κ2) is 4.79. The maximum absolute atomic E-state index is 11.4. The number of ether oxygens (including phenoxy) is 1. The number of rotatable bonds is 2. The van der Waals surface area contributed by atoms with Crippen molar-refractivity contribution >= 4 is 28.3 Å². The van der Waals surface area contributed by atoms with E-state index >= 15 is 0 Å². The Morgan fingerprint density at radius 2 is 2.13 bits per heavy atom. The van der Waals surface area contributed by atoms with Gasteiger partial charge in [-0.1, -0.05) is 0 Å². The third-order valence-electron chi connectivity index (χ3n) is 1.82. The fourth-order valence-electron chi connectivity index (χ4n) is 1.06. The number of nitrogens with one attached hydrogen (secondary N) is 2. The first-order valence-electron chi connectivity index (χ1n) is 4.25. The van der Waals surface area contributed by atoms with Crippen molar-refractivity contribution in [2.75, 3.05) is 19.5 Å². The molecule has 0 saturated heterocycles. The summed E-state index contributed by atoms with van der Waals surface area (Å²) in [5.74, 6) is -0.444. The highest BCUT2D eigenvalue weighted by Gasteiger charge is 2.18. The molecule has 0 saturated carbocycles. The van der Waals surface area contributed by atoms with Gasteiger partial charge in [-0.05, 0) is 17.9 Å². The van der Waals surface area contributed by atoms with E-state index in [4.69, 9.17) is 0 Å². The molecule has 6 heteroatoms. The topological polar surface area (TPSA) is 67.4 Å². The number of urea groups is 1. The molecule has 1 rings (SSSR count). The zero-order valence-electron chi connectivity index (χ0n) is 8.71. The van der Waals surface area contributed by atoms with Crippen LogP contribution in [0.4, 0.5) is 9.80 Å². The fourth-order valence-corrected chi connectivity index (χ4v) is 1.98. The molecule has 0 unspecified atom stereocenters. The third kappa shape index (κ3) is 2.47. The number of methoxy groups -OCH3 is 1. The van der Waals surface area contributed by atoms with Gasteiger partial charge in [0, 0.05) is 7.05 Å². The van der Waals surface area contributed by atoms with Crippen molar-refractivity contribution in [3.63, 3.8) is 0 Å². The summed E-state index contributed by atoms with van der Waals surface area (Å²) in [5, 5.41) is 7.26. The van der Waals surface area contributed by atoms with Crippen molar-refractivity contribution in [2.24, 2.45) is 0 Å². The second-order valence-electron chi connectivity index (χ2n) is 2.82. The molecule has 0 aliphatic heterocycles. The predicted molar refractivity (Wildman–Crippen MR) is 58.5 cm³/mol. The van der Waals surface area contributed by atoms with Crippen molar-refractivity contribution in [3.05, 3.63) is 16.5 Å². The van der Waals surface area contributed by atoms with Gasteiger partial charge in [0.2, 0.25) is 0 Å². The van der Waals surface area contributed by atoms with Gasteiger partial charge in [-0.25, -0.2) is 9.59 Å². The highest BCUT2D eigenvalue weighted by Crippen LogP contribution is 2.28. The molecule has 1 aromatic rings. The molecule has 0 atom stereocenters. The molecule has 82 valence electrons.